The van der Waals surface area contributed by atoms with Gasteiger partial charge in [-0.25, -0.2) is 22.7 Å². The number of rotatable bonds is 5. The molecule has 0 bridgehead atoms. The average Bonchev–Trinajstić information content (AvgIpc) is 3.34. The summed E-state index contributed by atoms with van der Waals surface area (Å²) in [6.45, 7) is 7.14. The van der Waals surface area contributed by atoms with Crippen molar-refractivity contribution in [2.45, 2.75) is 75.8 Å². The number of carbonyl (C=O) groups is 1. The monoisotopic (exact) mass is 580 g/mol. The van der Waals surface area contributed by atoms with Gasteiger partial charge in [-0.3, -0.25) is 4.79 Å². The van der Waals surface area contributed by atoms with Gasteiger partial charge in [0.15, 0.2) is 0 Å². The number of amides is 1. The van der Waals surface area contributed by atoms with Gasteiger partial charge in [0.2, 0.25) is 10.0 Å². The highest BCUT2D eigenvalue weighted by Crippen LogP contribution is 2.46. The van der Waals surface area contributed by atoms with E-state index in [1.54, 1.807) is 18.9 Å². The van der Waals surface area contributed by atoms with Crippen LogP contribution in [0.1, 0.15) is 72.1 Å². The van der Waals surface area contributed by atoms with Crippen molar-refractivity contribution in [2.24, 2.45) is 0 Å². The third-order valence-electron chi connectivity index (χ3n) is 10.5. The van der Waals surface area contributed by atoms with E-state index in [1.165, 1.54) is 29.0 Å². The Kier molecular flexibility index (Phi) is 7.84. The standard InChI is InChI=1S/C31H44N6O3S/c1-23-28(30(38)37-18-11-26(12-19-37)35-16-9-25(10-17-35)34(2)41(3,39)40)32-22-33-29(23)36-20-14-31(15-21-36)13-8-24-6-4-5-7-27(24)31/h4-7,22,25-26H,8-21H2,1-3H3. The van der Waals surface area contributed by atoms with Gasteiger partial charge in [-0.15, -0.1) is 0 Å². The Morgan fingerprint density at radius 1 is 0.951 bits per heavy atom. The molecule has 10 heteroatoms. The predicted octanol–water partition coefficient (Wildman–Crippen LogP) is 3.23. The van der Waals surface area contributed by atoms with E-state index >= 15 is 0 Å². The lowest BCUT2D eigenvalue weighted by Crippen LogP contribution is -2.52. The first-order valence-corrected chi connectivity index (χ1v) is 17.1. The topological polar surface area (TPSA) is 90.0 Å². The summed E-state index contributed by atoms with van der Waals surface area (Å²) in [7, 11) is -1.47. The molecule has 1 aliphatic carbocycles. The molecule has 3 saturated heterocycles. The van der Waals surface area contributed by atoms with E-state index in [-0.39, 0.29) is 17.4 Å². The maximum atomic E-state index is 13.6. The fourth-order valence-electron chi connectivity index (χ4n) is 7.87. The molecule has 9 nitrogen and oxygen atoms in total. The third kappa shape index (κ3) is 5.50. The summed E-state index contributed by atoms with van der Waals surface area (Å²) in [5, 5.41) is 0. The Balaban J connectivity index is 1.05. The zero-order valence-electron chi connectivity index (χ0n) is 24.8. The Morgan fingerprint density at radius 3 is 2.32 bits per heavy atom. The van der Waals surface area contributed by atoms with E-state index in [9.17, 15) is 13.2 Å². The summed E-state index contributed by atoms with van der Waals surface area (Å²) in [5.41, 5.74) is 4.77. The zero-order chi connectivity index (χ0) is 28.8. The third-order valence-corrected chi connectivity index (χ3v) is 11.9. The molecule has 2 aromatic rings. The van der Waals surface area contributed by atoms with E-state index in [1.807, 2.05) is 11.8 Å². The number of likely N-dealkylation sites (tertiary alicyclic amines) is 2. The van der Waals surface area contributed by atoms with Crippen LogP contribution in [0.25, 0.3) is 0 Å². The van der Waals surface area contributed by atoms with E-state index in [2.05, 4.69) is 44.0 Å². The molecular weight excluding hydrogens is 536 g/mol. The Hall–Kier alpha value is -2.56. The highest BCUT2D eigenvalue weighted by Gasteiger charge is 2.41. The summed E-state index contributed by atoms with van der Waals surface area (Å²) >= 11 is 0. The predicted molar refractivity (Wildman–Crippen MR) is 161 cm³/mol. The van der Waals surface area contributed by atoms with Gasteiger partial charge < -0.3 is 14.7 Å². The molecule has 3 aliphatic heterocycles. The summed E-state index contributed by atoms with van der Waals surface area (Å²) in [6, 6.07) is 9.46. The van der Waals surface area contributed by atoms with Crippen molar-refractivity contribution >= 4 is 21.7 Å². The van der Waals surface area contributed by atoms with Crippen molar-refractivity contribution in [3.05, 3.63) is 53.0 Å². The molecule has 4 heterocycles. The molecule has 1 aromatic carbocycles. The summed E-state index contributed by atoms with van der Waals surface area (Å²) in [5.74, 6) is 0.914. The second-order valence-corrected chi connectivity index (χ2v) is 14.7. The van der Waals surface area contributed by atoms with Crippen LogP contribution < -0.4 is 4.90 Å². The number of hydrogen-bond donors (Lipinski definition) is 0. The van der Waals surface area contributed by atoms with Gasteiger partial charge in [0.05, 0.1) is 6.26 Å². The minimum absolute atomic E-state index is 0.0104. The number of anilines is 1. The van der Waals surface area contributed by atoms with Crippen molar-refractivity contribution < 1.29 is 13.2 Å². The van der Waals surface area contributed by atoms with Crippen LogP contribution in [-0.2, 0) is 21.9 Å². The van der Waals surface area contributed by atoms with E-state index in [4.69, 9.17) is 0 Å². The van der Waals surface area contributed by atoms with Crippen LogP contribution in [0, 0.1) is 6.92 Å². The number of piperidine rings is 3. The van der Waals surface area contributed by atoms with Gasteiger partial charge >= 0.3 is 0 Å². The average molecular weight is 581 g/mol. The molecule has 1 spiro atoms. The number of aryl methyl sites for hydroxylation is 1. The summed E-state index contributed by atoms with van der Waals surface area (Å²) in [4.78, 5) is 29.6. The van der Waals surface area contributed by atoms with Crippen LogP contribution in [0.15, 0.2) is 30.6 Å². The lowest BCUT2D eigenvalue weighted by atomic mass is 9.74. The van der Waals surface area contributed by atoms with Crippen LogP contribution in [0.2, 0.25) is 0 Å². The Bertz CT molecular complexity index is 1370. The van der Waals surface area contributed by atoms with Crippen molar-refractivity contribution in [3.8, 4) is 0 Å². The zero-order valence-corrected chi connectivity index (χ0v) is 25.6. The number of sulfonamides is 1. The maximum Gasteiger partial charge on any atom is 0.272 e. The molecule has 1 aromatic heterocycles. The quantitative estimate of drug-likeness (QED) is 0.537. The van der Waals surface area contributed by atoms with Crippen molar-refractivity contribution in [3.63, 3.8) is 0 Å². The molecule has 0 unspecified atom stereocenters. The van der Waals surface area contributed by atoms with Crippen molar-refractivity contribution in [2.75, 3.05) is 57.5 Å². The second-order valence-electron chi connectivity index (χ2n) is 12.7. The highest BCUT2D eigenvalue weighted by atomic mass is 32.2. The molecule has 3 fully saturated rings. The Labute approximate surface area is 245 Å². The van der Waals surface area contributed by atoms with Gasteiger partial charge in [-0.1, -0.05) is 24.3 Å². The SMILES string of the molecule is Cc1c(C(=O)N2CCC(N3CCC(N(C)S(C)(=O)=O)CC3)CC2)ncnc1N1CCC2(CCc3ccccc32)CC1. The first kappa shape index (κ1) is 28.6. The molecule has 0 N–H and O–H groups in total. The van der Waals surface area contributed by atoms with Crippen LogP contribution >= 0.6 is 0 Å². The molecule has 222 valence electrons. The number of fused-ring (bicyclic) bond motifs is 2. The summed E-state index contributed by atoms with van der Waals surface area (Å²) < 4.78 is 25.4. The van der Waals surface area contributed by atoms with Gasteiger partial charge in [-0.05, 0) is 87.9 Å². The van der Waals surface area contributed by atoms with E-state index in [0.717, 1.165) is 89.2 Å². The molecule has 0 atom stereocenters. The van der Waals surface area contributed by atoms with Crippen molar-refractivity contribution in [1.29, 1.82) is 0 Å². The van der Waals surface area contributed by atoms with Crippen molar-refractivity contribution in [1.82, 2.24) is 24.1 Å². The molecular formula is C31H44N6O3S. The number of hydrogen-bond acceptors (Lipinski definition) is 7. The number of carbonyl (C=O) groups excluding carboxylic acids is 1. The number of aromatic nitrogens is 2. The van der Waals surface area contributed by atoms with Gasteiger partial charge in [0, 0.05) is 50.9 Å². The molecule has 1 amide bonds. The van der Waals surface area contributed by atoms with Crippen LogP contribution in [0.4, 0.5) is 5.82 Å². The van der Waals surface area contributed by atoms with Crippen LogP contribution in [-0.4, -0.2) is 103 Å². The fraction of sp³-hybridized carbons (Fsp3) is 0.645. The van der Waals surface area contributed by atoms with Crippen LogP contribution in [0.5, 0.6) is 0 Å². The number of benzene rings is 1. The van der Waals surface area contributed by atoms with Gasteiger partial charge in [-0.2, -0.15) is 0 Å². The van der Waals surface area contributed by atoms with Gasteiger partial charge in [0.1, 0.15) is 17.8 Å². The fourth-order valence-corrected chi connectivity index (χ4v) is 8.63. The lowest BCUT2D eigenvalue weighted by molar-refractivity contribution is 0.0542. The van der Waals surface area contributed by atoms with Gasteiger partial charge in [0.25, 0.3) is 5.91 Å². The maximum absolute atomic E-state index is 13.6. The number of nitrogens with zero attached hydrogens (tertiary/aromatic N) is 6. The smallest absolute Gasteiger partial charge is 0.272 e. The molecule has 0 radical (unpaired) electrons. The summed E-state index contributed by atoms with van der Waals surface area (Å²) in [6.07, 6.45) is 11.1. The van der Waals surface area contributed by atoms with Crippen LogP contribution in [0.3, 0.4) is 0 Å². The molecule has 0 saturated carbocycles. The van der Waals surface area contributed by atoms with E-state index < -0.39 is 10.0 Å². The minimum Gasteiger partial charge on any atom is -0.356 e. The second kappa shape index (κ2) is 11.3. The molecule has 4 aliphatic rings. The molecule has 6 rings (SSSR count). The normalized spacial score (nSPS) is 22.4. The highest BCUT2D eigenvalue weighted by molar-refractivity contribution is 7.88. The lowest BCUT2D eigenvalue weighted by Gasteiger charge is -2.43. The molecule has 41 heavy (non-hydrogen) atoms. The first-order chi connectivity index (χ1) is 19.7. The largest absolute Gasteiger partial charge is 0.356 e. The van der Waals surface area contributed by atoms with E-state index in [0.29, 0.717) is 11.7 Å². The minimum atomic E-state index is -3.16. The first-order valence-electron chi connectivity index (χ1n) is 15.3. The Morgan fingerprint density at radius 2 is 1.63 bits per heavy atom.